The van der Waals surface area contributed by atoms with Crippen LogP contribution in [0.15, 0.2) is 54.0 Å². The number of aryl methyl sites for hydroxylation is 1. The van der Waals surface area contributed by atoms with E-state index in [2.05, 4.69) is 29.9 Å². The maximum Gasteiger partial charge on any atom is 0.255 e. The molecule has 0 aliphatic carbocycles. The number of aromatic nitrogens is 6. The number of aromatic amines is 1. The Labute approximate surface area is 177 Å². The summed E-state index contributed by atoms with van der Waals surface area (Å²) in [5.74, 6) is 0.218. The molecule has 0 atom stereocenters. The minimum Gasteiger partial charge on any atom is -0.306 e. The molecule has 31 heavy (non-hydrogen) atoms. The summed E-state index contributed by atoms with van der Waals surface area (Å²) in [7, 11) is 0. The number of hydrogen-bond donors (Lipinski definition) is 1. The number of halogens is 1. The highest BCUT2D eigenvalue weighted by Crippen LogP contribution is 2.21. The van der Waals surface area contributed by atoms with Gasteiger partial charge in [-0.05, 0) is 31.2 Å². The van der Waals surface area contributed by atoms with Crippen LogP contribution in [-0.4, -0.2) is 41.2 Å². The normalized spacial score (nSPS) is 13.9. The van der Waals surface area contributed by atoms with Crippen molar-refractivity contribution in [1.82, 2.24) is 34.6 Å². The quantitative estimate of drug-likeness (QED) is 0.548. The highest BCUT2D eigenvalue weighted by Gasteiger charge is 2.22. The average Bonchev–Trinajstić information content (AvgIpc) is 3.15. The van der Waals surface area contributed by atoms with Gasteiger partial charge in [0.25, 0.3) is 5.56 Å². The Hall–Kier alpha value is -3.72. The molecule has 0 saturated heterocycles. The molecule has 8 nitrogen and oxygen atoms in total. The van der Waals surface area contributed by atoms with Gasteiger partial charge in [-0.15, -0.1) is 0 Å². The number of nitrogens with one attached hydrogen (secondary N) is 1. The zero-order chi connectivity index (χ0) is 21.4. The summed E-state index contributed by atoms with van der Waals surface area (Å²) in [6.45, 7) is 3.93. The topological polar surface area (TPSA) is 92.6 Å². The fraction of sp³-hybridized carbons (Fsp3) is 0.227. The maximum atomic E-state index is 13.2. The first-order chi connectivity index (χ1) is 15.1. The Balaban J connectivity index is 1.36. The third-order valence-corrected chi connectivity index (χ3v) is 5.47. The summed E-state index contributed by atoms with van der Waals surface area (Å²) in [5.41, 5.74) is 4.84. The van der Waals surface area contributed by atoms with E-state index in [-0.39, 0.29) is 11.4 Å². The molecule has 156 valence electrons. The first kappa shape index (κ1) is 19.3. The summed E-state index contributed by atoms with van der Waals surface area (Å²) in [6, 6.07) is 6.23. The molecule has 0 saturated carbocycles. The van der Waals surface area contributed by atoms with Crippen molar-refractivity contribution >= 4 is 0 Å². The Morgan fingerprint density at radius 3 is 2.71 bits per heavy atom. The highest BCUT2D eigenvalue weighted by atomic mass is 19.1. The predicted molar refractivity (Wildman–Crippen MR) is 112 cm³/mol. The highest BCUT2D eigenvalue weighted by molar-refractivity contribution is 5.52. The van der Waals surface area contributed by atoms with Crippen LogP contribution in [0.25, 0.3) is 17.1 Å². The Kier molecular flexibility index (Phi) is 4.87. The molecule has 1 aromatic carbocycles. The van der Waals surface area contributed by atoms with Crippen LogP contribution in [0.3, 0.4) is 0 Å². The minimum absolute atomic E-state index is 0.132. The monoisotopic (exact) mass is 417 g/mol. The standard InChI is InChI=1S/C22H20FN7O/c1-14-16(11-30(28-14)18-4-2-17(23)3-5-18)10-29-7-6-20-19(12-29)22(31)27-21(26-20)15-8-24-13-25-9-15/h2-5,8-9,11,13H,6-7,10,12H2,1H3,(H,26,27,31). The Morgan fingerprint density at radius 1 is 1.16 bits per heavy atom. The van der Waals surface area contributed by atoms with Crippen molar-refractivity contribution in [3.05, 3.63) is 87.9 Å². The van der Waals surface area contributed by atoms with Crippen LogP contribution < -0.4 is 5.56 Å². The first-order valence-electron chi connectivity index (χ1n) is 9.98. The zero-order valence-electron chi connectivity index (χ0n) is 16.9. The lowest BCUT2D eigenvalue weighted by molar-refractivity contribution is 0.241. The maximum absolute atomic E-state index is 13.2. The molecule has 1 N–H and O–H groups in total. The van der Waals surface area contributed by atoms with E-state index in [0.29, 0.717) is 36.5 Å². The molecule has 0 radical (unpaired) electrons. The van der Waals surface area contributed by atoms with Gasteiger partial charge in [-0.2, -0.15) is 5.10 Å². The predicted octanol–water partition coefficient (Wildman–Crippen LogP) is 2.42. The van der Waals surface area contributed by atoms with Crippen molar-refractivity contribution in [3.63, 3.8) is 0 Å². The van der Waals surface area contributed by atoms with Crippen molar-refractivity contribution in [2.75, 3.05) is 6.54 Å². The van der Waals surface area contributed by atoms with Gasteiger partial charge in [-0.1, -0.05) is 0 Å². The van der Waals surface area contributed by atoms with Gasteiger partial charge in [0.2, 0.25) is 0 Å². The molecule has 3 aromatic heterocycles. The molecule has 0 bridgehead atoms. The van der Waals surface area contributed by atoms with E-state index in [1.54, 1.807) is 29.2 Å². The molecule has 1 aliphatic rings. The molecule has 0 spiro atoms. The lowest BCUT2D eigenvalue weighted by atomic mass is 10.1. The fourth-order valence-corrected chi connectivity index (χ4v) is 3.79. The van der Waals surface area contributed by atoms with Crippen molar-refractivity contribution in [3.8, 4) is 17.1 Å². The summed E-state index contributed by atoms with van der Waals surface area (Å²) in [4.78, 5) is 30.4. The Morgan fingerprint density at radius 2 is 1.94 bits per heavy atom. The summed E-state index contributed by atoms with van der Waals surface area (Å²) in [5, 5.41) is 4.56. The second kappa shape index (κ2) is 7.84. The van der Waals surface area contributed by atoms with E-state index in [9.17, 15) is 9.18 Å². The molecular weight excluding hydrogens is 397 g/mol. The van der Waals surface area contributed by atoms with Gasteiger partial charge in [0, 0.05) is 50.2 Å². The lowest BCUT2D eigenvalue weighted by Gasteiger charge is -2.27. The average molecular weight is 417 g/mol. The van der Waals surface area contributed by atoms with Crippen LogP contribution in [-0.2, 0) is 19.5 Å². The number of hydrogen-bond acceptors (Lipinski definition) is 6. The number of rotatable bonds is 4. The van der Waals surface area contributed by atoms with Gasteiger partial charge >= 0.3 is 0 Å². The van der Waals surface area contributed by atoms with E-state index >= 15 is 0 Å². The first-order valence-corrected chi connectivity index (χ1v) is 9.98. The minimum atomic E-state index is -0.276. The van der Waals surface area contributed by atoms with Gasteiger partial charge < -0.3 is 4.98 Å². The summed E-state index contributed by atoms with van der Waals surface area (Å²) in [6.07, 6.45) is 7.35. The van der Waals surface area contributed by atoms with E-state index in [1.807, 2.05) is 13.1 Å². The molecule has 9 heteroatoms. The largest absolute Gasteiger partial charge is 0.306 e. The van der Waals surface area contributed by atoms with Gasteiger partial charge in [-0.25, -0.2) is 24.0 Å². The molecule has 0 fully saturated rings. The van der Waals surface area contributed by atoms with Crippen LogP contribution in [0, 0.1) is 12.7 Å². The second-order valence-electron chi connectivity index (χ2n) is 7.59. The number of benzene rings is 1. The van der Waals surface area contributed by atoms with Crippen LogP contribution in [0.2, 0.25) is 0 Å². The number of fused-ring (bicyclic) bond motifs is 1. The third kappa shape index (κ3) is 3.87. The molecular formula is C22H20FN7O. The lowest BCUT2D eigenvalue weighted by Crippen LogP contribution is -2.35. The summed E-state index contributed by atoms with van der Waals surface area (Å²) >= 11 is 0. The van der Waals surface area contributed by atoms with Crippen LogP contribution >= 0.6 is 0 Å². The van der Waals surface area contributed by atoms with Crippen molar-refractivity contribution in [2.45, 2.75) is 26.4 Å². The number of H-pyrrole nitrogens is 1. The van der Waals surface area contributed by atoms with Crippen molar-refractivity contribution in [2.24, 2.45) is 0 Å². The van der Waals surface area contributed by atoms with Gasteiger partial charge in [0.05, 0.1) is 28.2 Å². The SMILES string of the molecule is Cc1nn(-c2ccc(F)cc2)cc1CN1CCc2nc(-c3cncnc3)[nH]c(=O)c2C1. The van der Waals surface area contributed by atoms with Crippen LogP contribution in [0.1, 0.15) is 22.5 Å². The third-order valence-electron chi connectivity index (χ3n) is 5.47. The molecule has 4 aromatic rings. The fourth-order valence-electron chi connectivity index (χ4n) is 3.79. The van der Waals surface area contributed by atoms with Gasteiger partial charge in [0.15, 0.2) is 0 Å². The molecule has 4 heterocycles. The van der Waals surface area contributed by atoms with Gasteiger partial charge in [-0.3, -0.25) is 9.69 Å². The smallest absolute Gasteiger partial charge is 0.255 e. The molecule has 5 rings (SSSR count). The van der Waals surface area contributed by atoms with E-state index in [4.69, 9.17) is 0 Å². The molecule has 1 aliphatic heterocycles. The zero-order valence-corrected chi connectivity index (χ0v) is 16.9. The van der Waals surface area contributed by atoms with Crippen molar-refractivity contribution in [1.29, 1.82) is 0 Å². The Bertz CT molecular complexity index is 1280. The molecule has 0 amide bonds. The van der Waals surface area contributed by atoms with E-state index in [0.717, 1.165) is 29.2 Å². The second-order valence-corrected chi connectivity index (χ2v) is 7.59. The van der Waals surface area contributed by atoms with E-state index in [1.165, 1.54) is 18.5 Å². The summed E-state index contributed by atoms with van der Waals surface area (Å²) < 4.78 is 15.0. The van der Waals surface area contributed by atoms with Crippen LogP contribution in [0.5, 0.6) is 0 Å². The van der Waals surface area contributed by atoms with Crippen molar-refractivity contribution < 1.29 is 4.39 Å². The van der Waals surface area contributed by atoms with E-state index < -0.39 is 0 Å². The molecule has 0 unspecified atom stereocenters. The van der Waals surface area contributed by atoms with Crippen LogP contribution in [0.4, 0.5) is 4.39 Å². The number of nitrogens with zero attached hydrogens (tertiary/aromatic N) is 6. The van der Waals surface area contributed by atoms with Gasteiger partial charge in [0.1, 0.15) is 18.0 Å².